The van der Waals surface area contributed by atoms with E-state index in [1.807, 2.05) is 24.3 Å². The van der Waals surface area contributed by atoms with Gasteiger partial charge in [-0.2, -0.15) is 0 Å². The zero-order valence-electron chi connectivity index (χ0n) is 20.1. The van der Waals surface area contributed by atoms with E-state index < -0.39 is 5.60 Å². The van der Waals surface area contributed by atoms with Crippen LogP contribution < -0.4 is 10.1 Å². The molecular formula is C28H41NO3. The number of carbonyl (C=O) groups is 1. The van der Waals surface area contributed by atoms with E-state index in [4.69, 9.17) is 4.74 Å². The van der Waals surface area contributed by atoms with Crippen LogP contribution in [0.3, 0.4) is 0 Å². The van der Waals surface area contributed by atoms with Crippen molar-refractivity contribution in [3.63, 3.8) is 0 Å². The Labute approximate surface area is 193 Å². The first-order valence-corrected chi connectivity index (χ1v) is 13.0. The molecule has 4 aliphatic carbocycles. The Hall–Kier alpha value is -1.55. The second-order valence-corrected chi connectivity index (χ2v) is 11.9. The maximum atomic E-state index is 12.8. The van der Waals surface area contributed by atoms with Gasteiger partial charge in [-0.3, -0.25) is 4.79 Å². The van der Waals surface area contributed by atoms with E-state index in [1.165, 1.54) is 44.9 Å². The van der Waals surface area contributed by atoms with Crippen LogP contribution in [0.15, 0.2) is 24.3 Å². The Balaban J connectivity index is 1.24. The first-order valence-electron chi connectivity index (χ1n) is 13.0. The highest BCUT2D eigenvalue weighted by Crippen LogP contribution is 2.64. The number of hydrogen-bond donors (Lipinski definition) is 2. The molecular weight excluding hydrogens is 398 g/mol. The molecule has 1 amide bonds. The van der Waals surface area contributed by atoms with E-state index in [2.05, 4.69) is 19.2 Å². The Kier molecular flexibility index (Phi) is 5.80. The van der Waals surface area contributed by atoms with Gasteiger partial charge in [-0.05, 0) is 124 Å². The molecule has 2 N–H and O–H groups in total. The lowest BCUT2D eigenvalue weighted by molar-refractivity contribution is -0.0993. The normalized spacial score (nSPS) is 43.0. The number of amides is 1. The zero-order chi connectivity index (χ0) is 22.5. The number of aliphatic hydroxyl groups is 1. The van der Waals surface area contributed by atoms with Crippen LogP contribution >= 0.6 is 0 Å². The number of fused-ring (bicyclic) bond motifs is 5. The highest BCUT2D eigenvalue weighted by Gasteiger charge is 2.57. The van der Waals surface area contributed by atoms with Gasteiger partial charge in [0.2, 0.25) is 0 Å². The molecule has 1 aromatic rings. The average molecular weight is 440 g/mol. The summed E-state index contributed by atoms with van der Waals surface area (Å²) in [5.41, 5.74) is 0.603. The standard InChI is InChI=1S/C28H41NO3/c1-27(31)13-11-22-19(16-27)7-9-24-23(22)12-14-28(2)20(8-10-25(24)28)17-29-26(30)18-5-4-6-21(15-18)32-3/h4-6,15,19-20,22-25,31H,7-14,16-17H2,1-3H3,(H,29,30)/t19-,20-,22+,23-,24-,25+,27-,28-/m1/s1. The first-order chi connectivity index (χ1) is 15.3. The fourth-order valence-corrected chi connectivity index (χ4v) is 8.61. The van der Waals surface area contributed by atoms with Crippen molar-refractivity contribution in [1.29, 1.82) is 0 Å². The molecule has 0 bridgehead atoms. The van der Waals surface area contributed by atoms with Crippen molar-refractivity contribution >= 4 is 5.91 Å². The molecule has 4 heteroatoms. The smallest absolute Gasteiger partial charge is 0.251 e. The van der Waals surface area contributed by atoms with E-state index in [0.717, 1.165) is 54.7 Å². The lowest BCUT2D eigenvalue weighted by atomic mass is 9.49. The van der Waals surface area contributed by atoms with E-state index in [9.17, 15) is 9.90 Å². The van der Waals surface area contributed by atoms with Gasteiger partial charge in [0.1, 0.15) is 5.75 Å². The summed E-state index contributed by atoms with van der Waals surface area (Å²) in [4.78, 5) is 12.8. The van der Waals surface area contributed by atoms with Crippen LogP contribution in [0.4, 0.5) is 0 Å². The zero-order valence-corrected chi connectivity index (χ0v) is 20.1. The Morgan fingerprint density at radius 3 is 2.69 bits per heavy atom. The van der Waals surface area contributed by atoms with Gasteiger partial charge in [-0.1, -0.05) is 13.0 Å². The van der Waals surface area contributed by atoms with Crippen LogP contribution in [0, 0.1) is 40.9 Å². The van der Waals surface area contributed by atoms with E-state index >= 15 is 0 Å². The summed E-state index contributed by atoms with van der Waals surface area (Å²) in [5, 5.41) is 13.9. The van der Waals surface area contributed by atoms with Crippen LogP contribution in [0.5, 0.6) is 5.75 Å². The summed E-state index contributed by atoms with van der Waals surface area (Å²) >= 11 is 0. The minimum atomic E-state index is -0.434. The van der Waals surface area contributed by atoms with E-state index in [1.54, 1.807) is 7.11 Å². The Bertz CT molecular complexity index is 851. The van der Waals surface area contributed by atoms with Crippen LogP contribution in [-0.4, -0.2) is 30.3 Å². The SMILES string of the molecule is COc1cccc(C(=O)NC[C@H]2CC[C@H]3[C@@H]4CC[C@@H]5C[C@](C)(O)CC[C@@H]5[C@H]4CC[C@]23C)c1. The summed E-state index contributed by atoms with van der Waals surface area (Å²) < 4.78 is 5.28. The molecule has 4 nitrogen and oxygen atoms in total. The molecule has 0 radical (unpaired) electrons. The molecule has 0 aliphatic heterocycles. The van der Waals surface area contributed by atoms with Crippen molar-refractivity contribution < 1.29 is 14.6 Å². The van der Waals surface area contributed by atoms with Crippen molar-refractivity contribution in [2.24, 2.45) is 40.9 Å². The third-order valence-corrected chi connectivity index (χ3v) is 10.3. The van der Waals surface area contributed by atoms with Crippen molar-refractivity contribution in [3.8, 4) is 5.75 Å². The summed E-state index contributed by atoms with van der Waals surface area (Å²) in [5.74, 6) is 5.43. The van der Waals surface area contributed by atoms with Gasteiger partial charge in [-0.15, -0.1) is 0 Å². The lowest BCUT2D eigenvalue weighted by Gasteiger charge is -2.57. The van der Waals surface area contributed by atoms with Gasteiger partial charge in [0, 0.05) is 12.1 Å². The third kappa shape index (κ3) is 3.87. The van der Waals surface area contributed by atoms with Gasteiger partial charge in [0.05, 0.1) is 12.7 Å². The average Bonchev–Trinajstić information content (AvgIpc) is 3.12. The quantitative estimate of drug-likeness (QED) is 0.656. The number of nitrogens with one attached hydrogen (secondary N) is 1. The summed E-state index contributed by atoms with van der Waals surface area (Å²) in [6.07, 6.45) is 11.1. The summed E-state index contributed by atoms with van der Waals surface area (Å²) in [7, 11) is 1.64. The number of rotatable bonds is 4. The van der Waals surface area contributed by atoms with Gasteiger partial charge in [0.15, 0.2) is 0 Å². The monoisotopic (exact) mass is 439 g/mol. The van der Waals surface area contributed by atoms with Gasteiger partial charge >= 0.3 is 0 Å². The van der Waals surface area contributed by atoms with Crippen molar-refractivity contribution in [2.45, 2.75) is 77.2 Å². The summed E-state index contributed by atoms with van der Waals surface area (Å²) in [6, 6.07) is 7.44. The molecule has 1 aromatic carbocycles. The number of ether oxygens (including phenoxy) is 1. The summed E-state index contributed by atoms with van der Waals surface area (Å²) in [6.45, 7) is 5.37. The topological polar surface area (TPSA) is 58.6 Å². The van der Waals surface area contributed by atoms with Crippen LogP contribution in [0.2, 0.25) is 0 Å². The second kappa shape index (κ2) is 8.34. The maximum Gasteiger partial charge on any atom is 0.251 e. The van der Waals surface area contributed by atoms with Crippen LogP contribution in [-0.2, 0) is 0 Å². The lowest BCUT2D eigenvalue weighted by Crippen LogP contribution is -2.51. The largest absolute Gasteiger partial charge is 0.497 e. The molecule has 0 aromatic heterocycles. The molecule has 176 valence electrons. The fourth-order valence-electron chi connectivity index (χ4n) is 8.61. The molecule has 0 heterocycles. The number of carbonyl (C=O) groups excluding carboxylic acids is 1. The number of hydrogen-bond acceptors (Lipinski definition) is 3. The molecule has 5 rings (SSSR count). The minimum absolute atomic E-state index is 0.0133. The predicted molar refractivity (Wildman–Crippen MR) is 127 cm³/mol. The highest BCUT2D eigenvalue weighted by molar-refractivity contribution is 5.94. The van der Waals surface area contributed by atoms with Crippen molar-refractivity contribution in [2.75, 3.05) is 13.7 Å². The third-order valence-electron chi connectivity index (χ3n) is 10.3. The van der Waals surface area contributed by atoms with Gasteiger partial charge in [-0.25, -0.2) is 0 Å². The molecule has 4 saturated carbocycles. The van der Waals surface area contributed by atoms with Gasteiger partial charge in [0.25, 0.3) is 5.91 Å². The Morgan fingerprint density at radius 2 is 1.88 bits per heavy atom. The minimum Gasteiger partial charge on any atom is -0.497 e. The van der Waals surface area contributed by atoms with Crippen molar-refractivity contribution in [3.05, 3.63) is 29.8 Å². The van der Waals surface area contributed by atoms with E-state index in [0.29, 0.717) is 16.9 Å². The number of benzene rings is 1. The molecule has 32 heavy (non-hydrogen) atoms. The first kappa shape index (κ1) is 22.3. The molecule has 4 fully saturated rings. The molecule has 8 atom stereocenters. The fraction of sp³-hybridized carbons (Fsp3) is 0.750. The molecule has 0 spiro atoms. The number of methoxy groups -OCH3 is 1. The Morgan fingerprint density at radius 1 is 1.06 bits per heavy atom. The van der Waals surface area contributed by atoms with Gasteiger partial charge < -0.3 is 15.2 Å². The molecule has 0 saturated heterocycles. The second-order valence-electron chi connectivity index (χ2n) is 11.9. The maximum absolute atomic E-state index is 12.8. The van der Waals surface area contributed by atoms with Crippen LogP contribution in [0.25, 0.3) is 0 Å². The van der Waals surface area contributed by atoms with Crippen LogP contribution in [0.1, 0.15) is 82.0 Å². The highest BCUT2D eigenvalue weighted by atomic mass is 16.5. The molecule has 0 unspecified atom stereocenters. The van der Waals surface area contributed by atoms with Crippen molar-refractivity contribution in [1.82, 2.24) is 5.32 Å². The predicted octanol–water partition coefficient (Wildman–Crippen LogP) is 5.44. The molecule has 4 aliphatic rings. The van der Waals surface area contributed by atoms with E-state index in [-0.39, 0.29) is 5.91 Å².